The van der Waals surface area contributed by atoms with Crippen molar-refractivity contribution in [2.75, 3.05) is 24.6 Å². The van der Waals surface area contributed by atoms with Crippen molar-refractivity contribution in [2.45, 2.75) is 26.2 Å². The van der Waals surface area contributed by atoms with E-state index in [-0.39, 0.29) is 6.61 Å². The second kappa shape index (κ2) is 6.18. The molecule has 1 aliphatic heterocycles. The number of fused-ring (bicyclic) bond motifs is 1. The summed E-state index contributed by atoms with van der Waals surface area (Å²) in [5.41, 5.74) is 6.17. The molecule has 0 aromatic carbocycles. The minimum absolute atomic E-state index is 0.258. The van der Waals surface area contributed by atoms with Gasteiger partial charge in [-0.15, -0.1) is 11.3 Å². The van der Waals surface area contributed by atoms with Gasteiger partial charge in [-0.3, -0.25) is 4.79 Å². The Kier molecular flexibility index (Phi) is 4.26. The molecule has 3 rings (SSSR count). The van der Waals surface area contributed by atoms with Crippen molar-refractivity contribution < 1.29 is 9.90 Å². The van der Waals surface area contributed by atoms with Crippen LogP contribution in [0.3, 0.4) is 0 Å². The van der Waals surface area contributed by atoms with Gasteiger partial charge in [0.25, 0.3) is 5.91 Å². The summed E-state index contributed by atoms with van der Waals surface area (Å²) < 4.78 is 0.931. The molecule has 1 saturated heterocycles. The predicted molar refractivity (Wildman–Crippen MR) is 87.3 cm³/mol. The van der Waals surface area contributed by atoms with Crippen LogP contribution in [-0.2, 0) is 0 Å². The fraction of sp³-hybridized carbons (Fsp3) is 0.533. The van der Waals surface area contributed by atoms with Crippen molar-refractivity contribution >= 4 is 33.3 Å². The van der Waals surface area contributed by atoms with Gasteiger partial charge in [0.05, 0.1) is 15.1 Å². The van der Waals surface area contributed by atoms with E-state index in [0.717, 1.165) is 48.4 Å². The molecule has 118 valence electrons. The maximum absolute atomic E-state index is 11.4. The molecule has 1 aliphatic rings. The average Bonchev–Trinajstić information content (AvgIpc) is 2.91. The third-order valence-electron chi connectivity index (χ3n) is 4.16. The molecule has 1 amide bonds. The minimum atomic E-state index is -0.423. The van der Waals surface area contributed by atoms with Crippen LogP contribution in [0.15, 0.2) is 6.07 Å². The Hall–Kier alpha value is -1.73. The van der Waals surface area contributed by atoms with Gasteiger partial charge in [0.2, 0.25) is 0 Å². The number of hydrogen-bond donors (Lipinski definition) is 2. The largest absolute Gasteiger partial charge is 0.396 e. The van der Waals surface area contributed by atoms with E-state index in [4.69, 9.17) is 10.8 Å². The van der Waals surface area contributed by atoms with Crippen molar-refractivity contribution in [3.63, 3.8) is 0 Å². The lowest BCUT2D eigenvalue weighted by molar-refractivity contribution is 0.100. The first-order chi connectivity index (χ1) is 10.6. The van der Waals surface area contributed by atoms with E-state index < -0.39 is 5.91 Å². The molecule has 3 N–H and O–H groups in total. The molecule has 0 atom stereocenters. The first-order valence-electron chi connectivity index (χ1n) is 7.52. The monoisotopic (exact) mass is 320 g/mol. The van der Waals surface area contributed by atoms with Gasteiger partial charge in [0, 0.05) is 19.7 Å². The lowest BCUT2D eigenvalue weighted by Crippen LogP contribution is -2.34. The third-order valence-corrected chi connectivity index (χ3v) is 5.29. The molecule has 0 saturated carbocycles. The number of aliphatic hydroxyl groups is 1. The summed E-state index contributed by atoms with van der Waals surface area (Å²) in [7, 11) is 0. The first kappa shape index (κ1) is 15.2. The number of amides is 1. The molecule has 7 heteroatoms. The van der Waals surface area contributed by atoms with E-state index in [2.05, 4.69) is 14.9 Å². The number of rotatable bonds is 4. The van der Waals surface area contributed by atoms with Crippen LogP contribution in [0, 0.1) is 12.8 Å². The van der Waals surface area contributed by atoms with Crippen LogP contribution < -0.4 is 10.6 Å². The normalized spacial score (nSPS) is 16.4. The standard InChI is InChI=1S/C15H20N4O2S/c1-9-17-11-8-12(14(16)21)22-13(11)15(18-9)19-5-2-10(3-6-19)4-7-20/h8,10,20H,2-7H2,1H3,(H2,16,21). The van der Waals surface area contributed by atoms with Crippen LogP contribution in [0.25, 0.3) is 10.2 Å². The molecule has 0 bridgehead atoms. The molecular weight excluding hydrogens is 300 g/mol. The number of hydrogen-bond acceptors (Lipinski definition) is 6. The van der Waals surface area contributed by atoms with Gasteiger partial charge in [0.15, 0.2) is 0 Å². The van der Waals surface area contributed by atoms with Gasteiger partial charge < -0.3 is 15.7 Å². The number of anilines is 1. The number of aliphatic hydroxyl groups excluding tert-OH is 1. The third kappa shape index (κ3) is 2.91. The number of carbonyl (C=O) groups excluding carboxylic acids is 1. The topological polar surface area (TPSA) is 92.3 Å². The Balaban J connectivity index is 1.91. The summed E-state index contributed by atoms with van der Waals surface area (Å²) in [4.78, 5) is 23.2. The van der Waals surface area contributed by atoms with E-state index in [1.165, 1.54) is 11.3 Å². The Morgan fingerprint density at radius 1 is 1.45 bits per heavy atom. The van der Waals surface area contributed by atoms with Gasteiger partial charge in [-0.1, -0.05) is 0 Å². The second-order valence-electron chi connectivity index (χ2n) is 5.73. The second-order valence-corrected chi connectivity index (χ2v) is 6.78. The Morgan fingerprint density at radius 2 is 2.18 bits per heavy atom. The van der Waals surface area contributed by atoms with Crippen LogP contribution in [0.1, 0.15) is 34.8 Å². The molecule has 3 heterocycles. The van der Waals surface area contributed by atoms with Crippen LogP contribution in [0.5, 0.6) is 0 Å². The molecule has 2 aromatic heterocycles. The van der Waals surface area contributed by atoms with E-state index in [1.807, 2.05) is 6.92 Å². The summed E-state index contributed by atoms with van der Waals surface area (Å²) in [6.07, 6.45) is 2.98. The number of aromatic nitrogens is 2. The number of piperidine rings is 1. The molecule has 22 heavy (non-hydrogen) atoms. The molecule has 0 spiro atoms. The Morgan fingerprint density at radius 3 is 2.82 bits per heavy atom. The highest BCUT2D eigenvalue weighted by atomic mass is 32.1. The zero-order valence-corrected chi connectivity index (χ0v) is 13.4. The summed E-state index contributed by atoms with van der Waals surface area (Å²) in [5, 5.41) is 9.06. The van der Waals surface area contributed by atoms with E-state index >= 15 is 0 Å². The number of primary amides is 1. The predicted octanol–water partition coefficient (Wildman–Crippen LogP) is 1.70. The van der Waals surface area contributed by atoms with Crippen molar-refractivity contribution in [3.05, 3.63) is 16.8 Å². The number of aryl methyl sites for hydroxylation is 1. The molecular formula is C15H20N4O2S. The summed E-state index contributed by atoms with van der Waals surface area (Å²) in [5.74, 6) is 1.77. The SMILES string of the molecule is Cc1nc(N2CCC(CCO)CC2)c2sc(C(N)=O)cc2n1. The van der Waals surface area contributed by atoms with Crippen LogP contribution in [0.2, 0.25) is 0 Å². The zero-order chi connectivity index (χ0) is 15.7. The highest BCUT2D eigenvalue weighted by Gasteiger charge is 2.23. The van der Waals surface area contributed by atoms with Gasteiger partial charge in [-0.2, -0.15) is 0 Å². The van der Waals surface area contributed by atoms with Crippen LogP contribution in [0.4, 0.5) is 5.82 Å². The minimum Gasteiger partial charge on any atom is -0.396 e. The lowest BCUT2D eigenvalue weighted by atomic mass is 9.94. The first-order valence-corrected chi connectivity index (χ1v) is 8.34. The van der Waals surface area contributed by atoms with Crippen molar-refractivity contribution in [2.24, 2.45) is 11.7 Å². The van der Waals surface area contributed by atoms with Crippen molar-refractivity contribution in [3.8, 4) is 0 Å². The number of nitrogens with two attached hydrogens (primary N) is 1. The van der Waals surface area contributed by atoms with Gasteiger partial charge in [0.1, 0.15) is 11.6 Å². The van der Waals surface area contributed by atoms with E-state index in [0.29, 0.717) is 16.6 Å². The zero-order valence-electron chi connectivity index (χ0n) is 12.6. The summed E-state index contributed by atoms with van der Waals surface area (Å²) in [6.45, 7) is 3.96. The Labute approximate surface area is 133 Å². The highest BCUT2D eigenvalue weighted by molar-refractivity contribution is 7.21. The molecule has 0 aliphatic carbocycles. The van der Waals surface area contributed by atoms with Gasteiger partial charge in [-0.05, 0) is 38.2 Å². The summed E-state index contributed by atoms with van der Waals surface area (Å²) >= 11 is 1.36. The van der Waals surface area contributed by atoms with Gasteiger partial charge in [-0.25, -0.2) is 9.97 Å². The maximum atomic E-state index is 11.4. The smallest absolute Gasteiger partial charge is 0.258 e. The van der Waals surface area contributed by atoms with Crippen LogP contribution >= 0.6 is 11.3 Å². The van der Waals surface area contributed by atoms with E-state index in [1.54, 1.807) is 6.07 Å². The number of carbonyl (C=O) groups is 1. The number of thiophene rings is 1. The molecule has 2 aromatic rings. The summed E-state index contributed by atoms with van der Waals surface area (Å²) in [6, 6.07) is 1.75. The van der Waals surface area contributed by atoms with Crippen molar-refractivity contribution in [1.82, 2.24) is 9.97 Å². The lowest BCUT2D eigenvalue weighted by Gasteiger charge is -2.32. The molecule has 6 nitrogen and oxygen atoms in total. The Bertz CT molecular complexity index is 692. The molecule has 0 radical (unpaired) electrons. The fourth-order valence-electron chi connectivity index (χ4n) is 2.98. The van der Waals surface area contributed by atoms with E-state index in [9.17, 15) is 4.79 Å². The van der Waals surface area contributed by atoms with Crippen molar-refractivity contribution in [1.29, 1.82) is 0 Å². The maximum Gasteiger partial charge on any atom is 0.258 e. The molecule has 1 fully saturated rings. The average molecular weight is 320 g/mol. The van der Waals surface area contributed by atoms with Crippen LogP contribution in [-0.4, -0.2) is 40.7 Å². The van der Waals surface area contributed by atoms with Gasteiger partial charge >= 0.3 is 0 Å². The number of nitrogens with zero attached hydrogens (tertiary/aromatic N) is 3. The highest BCUT2D eigenvalue weighted by Crippen LogP contribution is 2.34. The quantitative estimate of drug-likeness (QED) is 0.894. The fourth-order valence-corrected chi connectivity index (χ4v) is 3.95. The molecule has 0 unspecified atom stereocenters.